The maximum atomic E-state index is 12.1. The van der Waals surface area contributed by atoms with Crippen LogP contribution >= 0.6 is 0 Å². The lowest BCUT2D eigenvalue weighted by Gasteiger charge is -2.25. The summed E-state index contributed by atoms with van der Waals surface area (Å²) in [6.45, 7) is 1.20. The molecule has 0 atom stereocenters. The fourth-order valence-electron chi connectivity index (χ4n) is 1.97. The number of rotatable bonds is 1. The van der Waals surface area contributed by atoms with Crippen LogP contribution in [-0.2, 0) is 13.0 Å². The lowest BCUT2D eigenvalue weighted by molar-refractivity contribution is 0.0723. The summed E-state index contributed by atoms with van der Waals surface area (Å²) in [6.07, 6.45) is 4.02. The van der Waals surface area contributed by atoms with Gasteiger partial charge in [-0.05, 0) is 12.1 Å². The third kappa shape index (κ3) is 1.80. The van der Waals surface area contributed by atoms with Crippen LogP contribution in [0.2, 0.25) is 0 Å². The Kier molecular flexibility index (Phi) is 2.36. The molecule has 0 saturated carbocycles. The Labute approximate surface area is 98.0 Å². The highest BCUT2D eigenvalue weighted by molar-refractivity contribution is 5.92. The Hall–Kier alpha value is -2.17. The lowest BCUT2D eigenvalue weighted by atomic mass is 10.1. The van der Waals surface area contributed by atoms with Gasteiger partial charge in [0, 0.05) is 24.7 Å². The van der Waals surface area contributed by atoms with Crippen molar-refractivity contribution < 1.29 is 9.32 Å². The monoisotopic (exact) mass is 229 g/mol. The van der Waals surface area contributed by atoms with E-state index < -0.39 is 0 Å². The Balaban J connectivity index is 1.81. The molecule has 0 unspecified atom stereocenters. The maximum absolute atomic E-state index is 12.1. The number of aromatic nitrogens is 2. The molecule has 5 nitrogen and oxygen atoms in total. The lowest BCUT2D eigenvalue weighted by Crippen LogP contribution is -2.35. The summed E-state index contributed by atoms with van der Waals surface area (Å²) in [6, 6.07) is 5.34. The highest BCUT2D eigenvalue weighted by atomic mass is 16.5. The molecule has 1 amide bonds. The summed E-state index contributed by atoms with van der Waals surface area (Å²) in [5.74, 6) is 0.840. The average molecular weight is 229 g/mol. The van der Waals surface area contributed by atoms with Crippen LogP contribution in [-0.4, -0.2) is 27.5 Å². The molecular weight excluding hydrogens is 218 g/mol. The first-order valence-electron chi connectivity index (χ1n) is 5.47. The zero-order valence-corrected chi connectivity index (χ0v) is 9.17. The molecule has 0 spiro atoms. The molecule has 0 radical (unpaired) electrons. The van der Waals surface area contributed by atoms with Crippen molar-refractivity contribution in [1.29, 1.82) is 0 Å². The number of nitrogens with zero attached hydrogens (tertiary/aromatic N) is 3. The number of hydrogen-bond acceptors (Lipinski definition) is 4. The van der Waals surface area contributed by atoms with E-state index in [4.69, 9.17) is 4.52 Å². The normalized spacial score (nSPS) is 14.5. The Morgan fingerprint density at radius 1 is 1.41 bits per heavy atom. The van der Waals surface area contributed by atoms with E-state index in [1.807, 2.05) is 6.07 Å². The van der Waals surface area contributed by atoms with Crippen molar-refractivity contribution in [1.82, 2.24) is 15.0 Å². The van der Waals surface area contributed by atoms with Gasteiger partial charge in [-0.2, -0.15) is 0 Å². The fraction of sp³-hybridized carbons (Fsp3) is 0.250. The zero-order valence-electron chi connectivity index (χ0n) is 9.17. The van der Waals surface area contributed by atoms with Crippen LogP contribution in [0.15, 0.2) is 35.1 Å². The van der Waals surface area contributed by atoms with E-state index in [0.29, 0.717) is 25.2 Å². The van der Waals surface area contributed by atoms with Gasteiger partial charge in [0.15, 0.2) is 0 Å². The fourth-order valence-corrected chi connectivity index (χ4v) is 1.97. The van der Waals surface area contributed by atoms with Gasteiger partial charge in [0.05, 0.1) is 12.7 Å². The molecule has 0 N–H and O–H groups in total. The first-order chi connectivity index (χ1) is 8.34. The molecule has 2 aromatic rings. The molecule has 2 aromatic heterocycles. The van der Waals surface area contributed by atoms with Crippen molar-refractivity contribution >= 4 is 5.91 Å². The average Bonchev–Trinajstić information content (AvgIpc) is 2.86. The standard InChI is InChI=1S/C12H11N3O2/c16-12(10-3-1-2-5-13-10)15-6-4-11-9(8-15)7-14-17-11/h1-3,5,7H,4,6,8H2. The van der Waals surface area contributed by atoms with Crippen molar-refractivity contribution in [3.05, 3.63) is 47.6 Å². The summed E-state index contributed by atoms with van der Waals surface area (Å²) in [5, 5.41) is 3.74. The molecular formula is C12H11N3O2. The molecule has 1 aliphatic heterocycles. The number of pyridine rings is 1. The molecule has 0 saturated heterocycles. The summed E-state index contributed by atoms with van der Waals surface area (Å²) in [7, 11) is 0. The van der Waals surface area contributed by atoms with E-state index >= 15 is 0 Å². The number of amides is 1. The van der Waals surface area contributed by atoms with Gasteiger partial charge in [0.2, 0.25) is 0 Å². The predicted octanol–water partition coefficient (Wildman–Crippen LogP) is 1.27. The van der Waals surface area contributed by atoms with Crippen LogP contribution < -0.4 is 0 Å². The predicted molar refractivity (Wildman–Crippen MR) is 59.2 cm³/mol. The Morgan fingerprint density at radius 3 is 3.18 bits per heavy atom. The second kappa shape index (κ2) is 4.01. The molecule has 3 heterocycles. The minimum atomic E-state index is -0.0440. The van der Waals surface area contributed by atoms with Gasteiger partial charge in [-0.25, -0.2) is 0 Å². The van der Waals surface area contributed by atoms with Crippen LogP contribution in [0.1, 0.15) is 21.8 Å². The van der Waals surface area contributed by atoms with E-state index in [9.17, 15) is 4.79 Å². The first kappa shape index (κ1) is 10.0. The molecule has 1 aliphatic rings. The van der Waals surface area contributed by atoms with Gasteiger partial charge in [0.25, 0.3) is 5.91 Å². The van der Waals surface area contributed by atoms with Gasteiger partial charge in [-0.3, -0.25) is 9.78 Å². The molecule has 5 heteroatoms. The quantitative estimate of drug-likeness (QED) is 0.738. The van der Waals surface area contributed by atoms with E-state index in [-0.39, 0.29) is 5.91 Å². The molecule has 86 valence electrons. The minimum absolute atomic E-state index is 0.0440. The van der Waals surface area contributed by atoms with E-state index in [1.165, 1.54) is 0 Å². The number of fused-ring (bicyclic) bond motifs is 1. The third-order valence-electron chi connectivity index (χ3n) is 2.87. The smallest absolute Gasteiger partial charge is 0.272 e. The molecule has 0 aliphatic carbocycles. The number of carbonyl (C=O) groups excluding carboxylic acids is 1. The molecule has 0 aromatic carbocycles. The summed E-state index contributed by atoms with van der Waals surface area (Å²) < 4.78 is 5.09. The number of carbonyl (C=O) groups is 1. The van der Waals surface area contributed by atoms with E-state index in [2.05, 4.69) is 10.1 Å². The largest absolute Gasteiger partial charge is 0.361 e. The molecule has 0 fully saturated rings. The number of hydrogen-bond donors (Lipinski definition) is 0. The topological polar surface area (TPSA) is 59.2 Å². The summed E-state index contributed by atoms with van der Waals surface area (Å²) >= 11 is 0. The van der Waals surface area contributed by atoms with Crippen molar-refractivity contribution in [3.8, 4) is 0 Å². The van der Waals surface area contributed by atoms with Gasteiger partial charge >= 0.3 is 0 Å². The first-order valence-corrected chi connectivity index (χ1v) is 5.47. The van der Waals surface area contributed by atoms with Crippen molar-refractivity contribution in [2.45, 2.75) is 13.0 Å². The van der Waals surface area contributed by atoms with Crippen LogP contribution in [0.4, 0.5) is 0 Å². The maximum Gasteiger partial charge on any atom is 0.272 e. The van der Waals surface area contributed by atoms with E-state index in [1.54, 1.807) is 29.4 Å². The Bertz CT molecular complexity index is 536. The highest BCUT2D eigenvalue weighted by Crippen LogP contribution is 2.19. The van der Waals surface area contributed by atoms with Crippen molar-refractivity contribution in [2.24, 2.45) is 0 Å². The minimum Gasteiger partial charge on any atom is -0.361 e. The molecule has 3 rings (SSSR count). The Morgan fingerprint density at radius 2 is 2.35 bits per heavy atom. The molecule has 17 heavy (non-hydrogen) atoms. The second-order valence-electron chi connectivity index (χ2n) is 3.97. The van der Waals surface area contributed by atoms with Crippen LogP contribution in [0, 0.1) is 0 Å². The van der Waals surface area contributed by atoms with Gasteiger partial charge in [-0.1, -0.05) is 11.2 Å². The van der Waals surface area contributed by atoms with Crippen LogP contribution in [0.5, 0.6) is 0 Å². The zero-order chi connectivity index (χ0) is 11.7. The highest BCUT2D eigenvalue weighted by Gasteiger charge is 2.24. The molecule has 0 bridgehead atoms. The van der Waals surface area contributed by atoms with Gasteiger partial charge < -0.3 is 9.42 Å². The van der Waals surface area contributed by atoms with Gasteiger partial charge in [-0.15, -0.1) is 0 Å². The van der Waals surface area contributed by atoms with Crippen molar-refractivity contribution in [3.63, 3.8) is 0 Å². The van der Waals surface area contributed by atoms with Gasteiger partial charge in [0.1, 0.15) is 11.5 Å². The van der Waals surface area contributed by atoms with Crippen molar-refractivity contribution in [2.75, 3.05) is 6.54 Å². The van der Waals surface area contributed by atoms with Crippen LogP contribution in [0.25, 0.3) is 0 Å². The summed E-state index contributed by atoms with van der Waals surface area (Å²) in [5.41, 5.74) is 1.47. The van der Waals surface area contributed by atoms with Crippen LogP contribution in [0.3, 0.4) is 0 Å². The SMILES string of the molecule is O=C(c1ccccn1)N1CCc2oncc2C1. The third-order valence-corrected chi connectivity index (χ3v) is 2.87. The second-order valence-corrected chi connectivity index (χ2v) is 3.97. The van der Waals surface area contributed by atoms with E-state index in [0.717, 1.165) is 11.3 Å². The summed E-state index contributed by atoms with van der Waals surface area (Å²) in [4.78, 5) is 18.0.